The fourth-order valence-corrected chi connectivity index (χ4v) is 3.03. The molecule has 0 atom stereocenters. The molecule has 0 unspecified atom stereocenters. The fourth-order valence-electron chi connectivity index (χ4n) is 3.03. The van der Waals surface area contributed by atoms with Crippen LogP contribution in [-0.2, 0) is 6.54 Å². The highest BCUT2D eigenvalue weighted by molar-refractivity contribution is 14.0. The van der Waals surface area contributed by atoms with Gasteiger partial charge in [-0.25, -0.2) is 0 Å². The Kier molecular flexibility index (Phi) is 10.3. The summed E-state index contributed by atoms with van der Waals surface area (Å²) in [5.74, 6) is 1.78. The molecule has 6 heteroatoms. The van der Waals surface area contributed by atoms with E-state index in [9.17, 15) is 0 Å². The predicted molar refractivity (Wildman–Crippen MR) is 109 cm³/mol. The number of likely N-dealkylation sites (tertiary alicyclic amines) is 1. The van der Waals surface area contributed by atoms with Gasteiger partial charge in [0.05, 0.1) is 0 Å². The molecule has 0 radical (unpaired) electrons. The zero-order chi connectivity index (χ0) is 15.6. The van der Waals surface area contributed by atoms with Crippen LogP contribution in [0.5, 0.6) is 0 Å². The zero-order valence-corrected chi connectivity index (χ0v) is 16.8. The fraction of sp³-hybridized carbons (Fsp3) is 0.706. The maximum absolute atomic E-state index is 4.29. The molecule has 1 aromatic rings. The van der Waals surface area contributed by atoms with Gasteiger partial charge in [0, 0.05) is 39.1 Å². The summed E-state index contributed by atoms with van der Waals surface area (Å²) in [6.07, 6.45) is 8.10. The van der Waals surface area contributed by atoms with E-state index in [1.807, 2.05) is 7.05 Å². The lowest BCUT2D eigenvalue weighted by Crippen LogP contribution is -2.40. The van der Waals surface area contributed by atoms with Crippen LogP contribution in [0.25, 0.3) is 0 Å². The van der Waals surface area contributed by atoms with E-state index in [2.05, 4.69) is 56.5 Å². The van der Waals surface area contributed by atoms with Crippen molar-refractivity contribution >= 4 is 29.9 Å². The molecule has 0 saturated carbocycles. The van der Waals surface area contributed by atoms with Gasteiger partial charge in [-0.2, -0.15) is 0 Å². The molecular formula is C17H32IN5. The Hall–Kier alpha value is -0.760. The molecule has 132 valence electrons. The van der Waals surface area contributed by atoms with Crippen molar-refractivity contribution in [1.82, 2.24) is 20.1 Å². The number of nitrogens with zero attached hydrogens (tertiary/aromatic N) is 3. The Morgan fingerprint density at radius 1 is 1.13 bits per heavy atom. The lowest BCUT2D eigenvalue weighted by Gasteiger charge is -2.31. The van der Waals surface area contributed by atoms with Crippen LogP contribution < -0.4 is 10.6 Å². The van der Waals surface area contributed by atoms with Crippen LogP contribution in [-0.4, -0.2) is 55.2 Å². The average Bonchev–Trinajstić information content (AvgIpc) is 3.07. The zero-order valence-electron chi connectivity index (χ0n) is 14.5. The molecule has 5 nitrogen and oxygen atoms in total. The van der Waals surface area contributed by atoms with E-state index in [1.54, 1.807) is 0 Å². The van der Waals surface area contributed by atoms with Crippen molar-refractivity contribution in [3.05, 3.63) is 24.5 Å². The first-order chi connectivity index (χ1) is 10.8. The van der Waals surface area contributed by atoms with Gasteiger partial charge in [-0.1, -0.05) is 6.92 Å². The Morgan fingerprint density at radius 3 is 2.39 bits per heavy atom. The number of aliphatic imine (C=N–C) groups is 1. The molecule has 1 aliphatic rings. The van der Waals surface area contributed by atoms with E-state index >= 15 is 0 Å². The standard InChI is InChI=1S/C17H31N5.HI/c1-3-21-13-7-16(8-14-21)6-9-19-17(18-2)20-10-15-22-11-4-5-12-22;/h4-5,11-12,16H,3,6-10,13-15H2,1-2H3,(H2,18,19,20);1H. The molecule has 1 saturated heterocycles. The van der Waals surface area contributed by atoms with Gasteiger partial charge in [-0.05, 0) is 56.9 Å². The van der Waals surface area contributed by atoms with Crippen LogP contribution in [0.4, 0.5) is 0 Å². The molecule has 1 aliphatic heterocycles. The van der Waals surface area contributed by atoms with Crippen LogP contribution in [0.15, 0.2) is 29.5 Å². The third-order valence-electron chi connectivity index (χ3n) is 4.55. The maximum atomic E-state index is 4.29. The highest BCUT2D eigenvalue weighted by Crippen LogP contribution is 2.19. The minimum Gasteiger partial charge on any atom is -0.356 e. The first-order valence-electron chi connectivity index (χ1n) is 8.59. The van der Waals surface area contributed by atoms with E-state index < -0.39 is 0 Å². The van der Waals surface area contributed by atoms with Gasteiger partial charge in [-0.15, -0.1) is 24.0 Å². The topological polar surface area (TPSA) is 44.6 Å². The number of rotatable bonds is 7. The molecule has 1 fully saturated rings. The summed E-state index contributed by atoms with van der Waals surface area (Å²) in [7, 11) is 1.84. The van der Waals surface area contributed by atoms with Crippen molar-refractivity contribution in [1.29, 1.82) is 0 Å². The van der Waals surface area contributed by atoms with Crippen molar-refractivity contribution in [2.75, 3.05) is 39.8 Å². The lowest BCUT2D eigenvalue weighted by molar-refractivity contribution is 0.187. The van der Waals surface area contributed by atoms with Crippen LogP contribution in [0.3, 0.4) is 0 Å². The van der Waals surface area contributed by atoms with Gasteiger partial charge in [0.15, 0.2) is 5.96 Å². The molecule has 2 N–H and O–H groups in total. The molecule has 2 heterocycles. The number of hydrogen-bond donors (Lipinski definition) is 2. The largest absolute Gasteiger partial charge is 0.356 e. The molecule has 0 aromatic carbocycles. The van der Waals surface area contributed by atoms with Crippen molar-refractivity contribution in [3.63, 3.8) is 0 Å². The Balaban J connectivity index is 0.00000264. The summed E-state index contributed by atoms with van der Waals surface area (Å²) in [5.41, 5.74) is 0. The van der Waals surface area contributed by atoms with E-state index in [1.165, 1.54) is 38.9 Å². The number of halogens is 1. The summed E-state index contributed by atoms with van der Waals surface area (Å²) in [4.78, 5) is 6.84. The minimum atomic E-state index is 0. The van der Waals surface area contributed by atoms with Crippen LogP contribution in [0.1, 0.15) is 26.2 Å². The van der Waals surface area contributed by atoms with Gasteiger partial charge >= 0.3 is 0 Å². The quantitative estimate of drug-likeness (QED) is 0.395. The summed E-state index contributed by atoms with van der Waals surface area (Å²) in [5, 5.41) is 6.81. The van der Waals surface area contributed by atoms with Crippen molar-refractivity contribution in [2.45, 2.75) is 32.7 Å². The molecule has 0 bridgehead atoms. The molecule has 2 rings (SSSR count). The van der Waals surface area contributed by atoms with Gasteiger partial charge < -0.3 is 20.1 Å². The molecule has 0 aliphatic carbocycles. The van der Waals surface area contributed by atoms with Crippen molar-refractivity contribution in [3.8, 4) is 0 Å². The highest BCUT2D eigenvalue weighted by Gasteiger charge is 2.17. The molecular weight excluding hydrogens is 401 g/mol. The summed E-state index contributed by atoms with van der Waals surface area (Å²) in [6.45, 7) is 8.86. The maximum Gasteiger partial charge on any atom is 0.191 e. The first-order valence-corrected chi connectivity index (χ1v) is 8.59. The van der Waals surface area contributed by atoms with Gasteiger partial charge in [-0.3, -0.25) is 4.99 Å². The van der Waals surface area contributed by atoms with Crippen molar-refractivity contribution in [2.24, 2.45) is 10.9 Å². The van der Waals surface area contributed by atoms with Crippen LogP contribution in [0.2, 0.25) is 0 Å². The van der Waals surface area contributed by atoms with E-state index in [0.29, 0.717) is 0 Å². The summed E-state index contributed by atoms with van der Waals surface area (Å²) >= 11 is 0. The number of nitrogens with one attached hydrogen (secondary N) is 2. The Labute approximate surface area is 157 Å². The van der Waals surface area contributed by atoms with E-state index in [4.69, 9.17) is 0 Å². The predicted octanol–water partition coefficient (Wildman–Crippen LogP) is 2.39. The first kappa shape index (κ1) is 20.3. The average molecular weight is 433 g/mol. The summed E-state index contributed by atoms with van der Waals surface area (Å²) in [6, 6.07) is 4.10. The minimum absolute atomic E-state index is 0. The normalized spacial score (nSPS) is 16.9. The second-order valence-electron chi connectivity index (χ2n) is 6.01. The smallest absolute Gasteiger partial charge is 0.191 e. The third-order valence-corrected chi connectivity index (χ3v) is 4.55. The van der Waals surface area contributed by atoms with Crippen LogP contribution >= 0.6 is 24.0 Å². The van der Waals surface area contributed by atoms with E-state index in [0.717, 1.165) is 31.5 Å². The summed E-state index contributed by atoms with van der Waals surface area (Å²) < 4.78 is 2.17. The number of hydrogen-bond acceptors (Lipinski definition) is 2. The van der Waals surface area contributed by atoms with E-state index in [-0.39, 0.29) is 24.0 Å². The van der Waals surface area contributed by atoms with Crippen molar-refractivity contribution < 1.29 is 0 Å². The third kappa shape index (κ3) is 7.56. The second-order valence-corrected chi connectivity index (χ2v) is 6.01. The molecule has 1 aromatic heterocycles. The van der Waals surface area contributed by atoms with Gasteiger partial charge in [0.1, 0.15) is 0 Å². The van der Waals surface area contributed by atoms with Gasteiger partial charge in [0.2, 0.25) is 0 Å². The molecule has 0 amide bonds. The monoisotopic (exact) mass is 433 g/mol. The second kappa shape index (κ2) is 11.7. The van der Waals surface area contributed by atoms with Gasteiger partial charge in [0.25, 0.3) is 0 Å². The molecule has 0 spiro atoms. The Morgan fingerprint density at radius 2 is 1.78 bits per heavy atom. The highest BCUT2D eigenvalue weighted by atomic mass is 127. The molecule has 23 heavy (non-hydrogen) atoms. The van der Waals surface area contributed by atoms with Crippen LogP contribution in [0, 0.1) is 5.92 Å². The SMILES string of the molecule is CCN1CCC(CCNC(=NC)NCCn2cccc2)CC1.I. The number of aromatic nitrogens is 1. The number of guanidine groups is 1. The Bertz CT molecular complexity index is 424. The number of piperidine rings is 1. The lowest BCUT2D eigenvalue weighted by atomic mass is 9.93.